The lowest BCUT2D eigenvalue weighted by Gasteiger charge is -2.23. The number of hydrogen-bond acceptors (Lipinski definition) is 4. The summed E-state index contributed by atoms with van der Waals surface area (Å²) in [5, 5.41) is 10.9. The van der Waals surface area contributed by atoms with E-state index in [4.69, 9.17) is 0 Å². The van der Waals surface area contributed by atoms with Crippen LogP contribution in [0.15, 0.2) is 42.6 Å². The second kappa shape index (κ2) is 8.96. The van der Waals surface area contributed by atoms with Crippen LogP contribution < -0.4 is 10.6 Å². The predicted molar refractivity (Wildman–Crippen MR) is 103 cm³/mol. The molecule has 2 unspecified atom stereocenters. The molecule has 1 fully saturated rings. The molecule has 6 nitrogen and oxygen atoms in total. The third-order valence-electron chi connectivity index (χ3n) is 4.74. The Hall–Kier alpha value is -2.18. The molecule has 0 aliphatic carbocycles. The molecular formula is C20H29N5O. The highest BCUT2D eigenvalue weighted by Gasteiger charge is 2.19. The molecule has 0 radical (unpaired) electrons. The van der Waals surface area contributed by atoms with Gasteiger partial charge in [-0.05, 0) is 45.0 Å². The van der Waals surface area contributed by atoms with Gasteiger partial charge >= 0.3 is 0 Å². The van der Waals surface area contributed by atoms with Crippen molar-refractivity contribution in [2.75, 3.05) is 26.7 Å². The van der Waals surface area contributed by atoms with Crippen molar-refractivity contribution < 1.29 is 4.79 Å². The van der Waals surface area contributed by atoms with Gasteiger partial charge in [0.2, 0.25) is 0 Å². The summed E-state index contributed by atoms with van der Waals surface area (Å²) in [7, 11) is 2.07. The molecule has 1 amide bonds. The standard InChI is InChI=1S/C20H29N5O/c1-16(14-24(2)15-17-7-4-3-5-8-17)22-20(26)19-10-12-25(23-19)18-9-6-11-21-13-18/h3-5,7-8,10,12,16,18,21H,6,9,11,13-15H2,1-2H3,(H,22,26). The summed E-state index contributed by atoms with van der Waals surface area (Å²) in [5.41, 5.74) is 1.77. The van der Waals surface area contributed by atoms with Crippen molar-refractivity contribution in [1.29, 1.82) is 0 Å². The van der Waals surface area contributed by atoms with Gasteiger partial charge < -0.3 is 15.5 Å². The molecule has 0 bridgehead atoms. The SMILES string of the molecule is CC(CN(C)Cc1ccccc1)NC(=O)c1ccn(C2CCCNC2)n1. The van der Waals surface area contributed by atoms with E-state index in [2.05, 4.69) is 39.8 Å². The van der Waals surface area contributed by atoms with Gasteiger partial charge in [-0.25, -0.2) is 0 Å². The van der Waals surface area contributed by atoms with Crippen LogP contribution in [0, 0.1) is 0 Å². The molecule has 26 heavy (non-hydrogen) atoms. The zero-order valence-corrected chi connectivity index (χ0v) is 15.7. The van der Waals surface area contributed by atoms with Crippen molar-refractivity contribution >= 4 is 5.91 Å². The fourth-order valence-electron chi connectivity index (χ4n) is 3.49. The van der Waals surface area contributed by atoms with E-state index < -0.39 is 0 Å². The largest absolute Gasteiger partial charge is 0.347 e. The van der Waals surface area contributed by atoms with E-state index >= 15 is 0 Å². The Morgan fingerprint density at radius 1 is 1.38 bits per heavy atom. The number of benzene rings is 1. The maximum absolute atomic E-state index is 12.5. The van der Waals surface area contributed by atoms with Gasteiger partial charge in [0.25, 0.3) is 5.91 Å². The molecule has 3 rings (SSSR count). The fraction of sp³-hybridized carbons (Fsp3) is 0.500. The van der Waals surface area contributed by atoms with Gasteiger partial charge in [-0.3, -0.25) is 9.48 Å². The first-order valence-electron chi connectivity index (χ1n) is 9.41. The number of amides is 1. The number of nitrogens with one attached hydrogen (secondary N) is 2. The number of likely N-dealkylation sites (N-methyl/N-ethyl adjacent to an activating group) is 1. The summed E-state index contributed by atoms with van der Waals surface area (Å²) >= 11 is 0. The average molecular weight is 355 g/mol. The average Bonchev–Trinajstić information content (AvgIpc) is 3.13. The van der Waals surface area contributed by atoms with E-state index in [9.17, 15) is 4.79 Å². The van der Waals surface area contributed by atoms with Crippen LogP contribution in [0.4, 0.5) is 0 Å². The third-order valence-corrected chi connectivity index (χ3v) is 4.74. The van der Waals surface area contributed by atoms with Crippen molar-refractivity contribution in [2.24, 2.45) is 0 Å². The Morgan fingerprint density at radius 2 is 2.19 bits per heavy atom. The summed E-state index contributed by atoms with van der Waals surface area (Å²) in [4.78, 5) is 14.7. The van der Waals surface area contributed by atoms with E-state index in [1.54, 1.807) is 0 Å². The second-order valence-corrected chi connectivity index (χ2v) is 7.24. The third kappa shape index (κ3) is 5.16. The minimum atomic E-state index is -0.104. The maximum atomic E-state index is 12.5. The number of piperidine rings is 1. The van der Waals surface area contributed by atoms with Gasteiger partial charge in [-0.1, -0.05) is 30.3 Å². The summed E-state index contributed by atoms with van der Waals surface area (Å²) in [6.45, 7) is 5.67. The predicted octanol–water partition coefficient (Wildman–Crippen LogP) is 2.06. The number of aromatic nitrogens is 2. The van der Waals surface area contributed by atoms with Crippen LogP contribution in [0.1, 0.15) is 41.9 Å². The molecule has 140 valence electrons. The van der Waals surface area contributed by atoms with Gasteiger partial charge in [-0.15, -0.1) is 0 Å². The number of hydrogen-bond donors (Lipinski definition) is 2. The quantitative estimate of drug-likeness (QED) is 0.798. The van der Waals surface area contributed by atoms with Gasteiger partial charge in [0.1, 0.15) is 5.69 Å². The smallest absolute Gasteiger partial charge is 0.272 e. The van der Waals surface area contributed by atoms with Crippen LogP contribution in [0.25, 0.3) is 0 Å². The Morgan fingerprint density at radius 3 is 2.92 bits per heavy atom. The lowest BCUT2D eigenvalue weighted by molar-refractivity contribution is 0.0925. The number of nitrogens with zero attached hydrogens (tertiary/aromatic N) is 3. The number of rotatable bonds is 7. The Kier molecular flexibility index (Phi) is 6.41. The van der Waals surface area contributed by atoms with E-state index in [0.717, 1.165) is 39.0 Å². The van der Waals surface area contributed by atoms with Gasteiger partial charge in [-0.2, -0.15) is 5.10 Å². The molecule has 1 saturated heterocycles. The molecule has 2 atom stereocenters. The molecule has 2 heterocycles. The Labute approximate surface area is 155 Å². The second-order valence-electron chi connectivity index (χ2n) is 7.24. The molecule has 2 N–H and O–H groups in total. The fourth-order valence-corrected chi connectivity index (χ4v) is 3.49. The molecule has 1 aromatic heterocycles. The number of carbonyl (C=O) groups is 1. The van der Waals surface area contributed by atoms with E-state index in [1.165, 1.54) is 5.56 Å². The molecular weight excluding hydrogens is 326 g/mol. The highest BCUT2D eigenvalue weighted by Crippen LogP contribution is 2.15. The van der Waals surface area contributed by atoms with Gasteiger partial charge in [0, 0.05) is 31.9 Å². The van der Waals surface area contributed by atoms with E-state index in [1.807, 2.05) is 42.1 Å². The first-order valence-corrected chi connectivity index (χ1v) is 9.41. The summed E-state index contributed by atoms with van der Waals surface area (Å²) in [6.07, 6.45) is 4.17. The molecule has 0 spiro atoms. The summed E-state index contributed by atoms with van der Waals surface area (Å²) in [6, 6.07) is 12.6. The lowest BCUT2D eigenvalue weighted by Crippen LogP contribution is -2.40. The van der Waals surface area contributed by atoms with Crippen LogP contribution in [-0.4, -0.2) is 53.3 Å². The van der Waals surface area contributed by atoms with Crippen molar-refractivity contribution in [3.05, 3.63) is 53.9 Å². The van der Waals surface area contributed by atoms with Crippen molar-refractivity contribution in [3.8, 4) is 0 Å². The summed E-state index contributed by atoms with van der Waals surface area (Å²) in [5.74, 6) is -0.104. The van der Waals surface area contributed by atoms with Gasteiger partial charge in [0.15, 0.2) is 0 Å². The Bertz CT molecular complexity index is 693. The monoisotopic (exact) mass is 355 g/mol. The number of carbonyl (C=O) groups excluding carboxylic acids is 1. The maximum Gasteiger partial charge on any atom is 0.272 e. The van der Waals surface area contributed by atoms with Crippen molar-refractivity contribution in [3.63, 3.8) is 0 Å². The van der Waals surface area contributed by atoms with Crippen molar-refractivity contribution in [2.45, 2.75) is 38.4 Å². The Balaban J connectivity index is 1.48. The highest BCUT2D eigenvalue weighted by atomic mass is 16.2. The van der Waals surface area contributed by atoms with Crippen LogP contribution in [0.3, 0.4) is 0 Å². The van der Waals surface area contributed by atoms with Crippen LogP contribution in [0.2, 0.25) is 0 Å². The minimum Gasteiger partial charge on any atom is -0.347 e. The first-order chi connectivity index (χ1) is 12.6. The normalized spacial score (nSPS) is 18.7. The lowest BCUT2D eigenvalue weighted by atomic mass is 10.1. The molecule has 1 aliphatic rings. The molecule has 2 aromatic rings. The topological polar surface area (TPSA) is 62.2 Å². The van der Waals surface area contributed by atoms with E-state index in [0.29, 0.717) is 11.7 Å². The molecule has 1 aliphatic heterocycles. The molecule has 1 aromatic carbocycles. The van der Waals surface area contributed by atoms with Crippen LogP contribution >= 0.6 is 0 Å². The van der Waals surface area contributed by atoms with Crippen molar-refractivity contribution in [1.82, 2.24) is 25.3 Å². The molecule has 0 saturated carbocycles. The summed E-state index contributed by atoms with van der Waals surface area (Å²) < 4.78 is 1.92. The zero-order valence-electron chi connectivity index (χ0n) is 15.7. The minimum absolute atomic E-state index is 0.0534. The highest BCUT2D eigenvalue weighted by molar-refractivity contribution is 5.92. The van der Waals surface area contributed by atoms with Crippen LogP contribution in [0.5, 0.6) is 0 Å². The van der Waals surface area contributed by atoms with Gasteiger partial charge in [0.05, 0.1) is 6.04 Å². The first kappa shape index (κ1) is 18.6. The molecule has 6 heteroatoms. The zero-order chi connectivity index (χ0) is 18.4. The van der Waals surface area contributed by atoms with E-state index in [-0.39, 0.29) is 11.9 Å². The van der Waals surface area contributed by atoms with Crippen LogP contribution in [-0.2, 0) is 6.54 Å².